The van der Waals surface area contributed by atoms with Crippen LogP contribution >= 0.6 is 0 Å². The summed E-state index contributed by atoms with van der Waals surface area (Å²) in [4.78, 5) is 7.06. The third-order valence-corrected chi connectivity index (χ3v) is 3.25. The smallest absolute Gasteiger partial charge is 0.128 e. The van der Waals surface area contributed by atoms with Crippen molar-refractivity contribution >= 4 is 5.82 Å². The highest BCUT2D eigenvalue weighted by Gasteiger charge is 2.06. The number of rotatable bonds is 9. The van der Waals surface area contributed by atoms with Crippen molar-refractivity contribution in [2.24, 2.45) is 0 Å². The zero-order valence-corrected chi connectivity index (χ0v) is 13.0. The fraction of sp³-hybridized carbons (Fsp3) is 0.688. The van der Waals surface area contributed by atoms with Crippen LogP contribution in [0.25, 0.3) is 0 Å². The minimum absolute atomic E-state index is 0.935. The molecule has 0 saturated carbocycles. The van der Waals surface area contributed by atoms with Gasteiger partial charge in [0, 0.05) is 25.8 Å². The molecule has 19 heavy (non-hydrogen) atoms. The zero-order chi connectivity index (χ0) is 14.1. The molecular formula is C16H29N3. The maximum Gasteiger partial charge on any atom is 0.128 e. The highest BCUT2D eigenvalue weighted by atomic mass is 15.2. The van der Waals surface area contributed by atoms with Gasteiger partial charge in [-0.15, -0.1) is 0 Å². The Morgan fingerprint density at radius 1 is 1.16 bits per heavy atom. The van der Waals surface area contributed by atoms with E-state index in [-0.39, 0.29) is 0 Å². The molecular weight excluding hydrogens is 234 g/mol. The van der Waals surface area contributed by atoms with Crippen LogP contribution in [0.5, 0.6) is 0 Å². The Balaban J connectivity index is 2.84. The van der Waals surface area contributed by atoms with E-state index in [1.165, 1.54) is 24.1 Å². The van der Waals surface area contributed by atoms with Gasteiger partial charge in [-0.3, -0.25) is 0 Å². The van der Waals surface area contributed by atoms with E-state index in [9.17, 15) is 0 Å². The molecule has 0 aromatic carbocycles. The maximum absolute atomic E-state index is 4.78. The quantitative estimate of drug-likeness (QED) is 0.740. The van der Waals surface area contributed by atoms with Crippen LogP contribution in [0, 0.1) is 0 Å². The van der Waals surface area contributed by atoms with E-state index >= 15 is 0 Å². The van der Waals surface area contributed by atoms with Crippen LogP contribution in [0.1, 0.15) is 51.3 Å². The number of hydrogen-bond acceptors (Lipinski definition) is 3. The highest BCUT2D eigenvalue weighted by Crippen LogP contribution is 2.16. The maximum atomic E-state index is 4.78. The molecule has 1 aromatic heterocycles. The van der Waals surface area contributed by atoms with Gasteiger partial charge in [0.25, 0.3) is 0 Å². The number of nitrogens with zero attached hydrogens (tertiary/aromatic N) is 2. The molecule has 1 N–H and O–H groups in total. The minimum Gasteiger partial charge on any atom is -0.360 e. The molecule has 0 amide bonds. The lowest BCUT2D eigenvalue weighted by molar-refractivity contribution is 0.718. The molecule has 1 rings (SSSR count). The number of aryl methyl sites for hydroxylation is 1. The topological polar surface area (TPSA) is 28.2 Å². The lowest BCUT2D eigenvalue weighted by atomic mass is 10.1. The van der Waals surface area contributed by atoms with Gasteiger partial charge in [0.05, 0.1) is 0 Å². The Labute approximate surface area is 118 Å². The van der Waals surface area contributed by atoms with Gasteiger partial charge in [0.2, 0.25) is 0 Å². The summed E-state index contributed by atoms with van der Waals surface area (Å²) in [6.45, 7) is 9.60. The first-order chi connectivity index (χ1) is 9.21. The third kappa shape index (κ3) is 5.60. The molecule has 0 aliphatic rings. The standard InChI is InChI=1S/C16H29N3/c1-5-8-10-19(4)16-12-14(13-17-7-3)11-15(18-16)9-6-2/h11-12,17H,5-10,13H2,1-4H3. The van der Waals surface area contributed by atoms with E-state index in [2.05, 4.69) is 50.2 Å². The van der Waals surface area contributed by atoms with Crippen molar-refractivity contribution < 1.29 is 0 Å². The fourth-order valence-electron chi connectivity index (χ4n) is 2.09. The summed E-state index contributed by atoms with van der Waals surface area (Å²) in [5.41, 5.74) is 2.56. The van der Waals surface area contributed by atoms with Crippen molar-refractivity contribution in [3.8, 4) is 0 Å². The van der Waals surface area contributed by atoms with E-state index in [1.54, 1.807) is 0 Å². The summed E-state index contributed by atoms with van der Waals surface area (Å²) in [5.74, 6) is 1.12. The van der Waals surface area contributed by atoms with E-state index in [4.69, 9.17) is 4.98 Å². The monoisotopic (exact) mass is 263 g/mol. The lowest BCUT2D eigenvalue weighted by Gasteiger charge is -2.20. The molecule has 3 heteroatoms. The van der Waals surface area contributed by atoms with Gasteiger partial charge in [-0.2, -0.15) is 0 Å². The van der Waals surface area contributed by atoms with Gasteiger partial charge in [0.15, 0.2) is 0 Å². The molecule has 0 aliphatic heterocycles. The number of anilines is 1. The van der Waals surface area contributed by atoms with E-state index < -0.39 is 0 Å². The average molecular weight is 263 g/mol. The van der Waals surface area contributed by atoms with E-state index in [1.807, 2.05) is 0 Å². The Bertz CT molecular complexity index is 363. The Morgan fingerprint density at radius 2 is 1.95 bits per heavy atom. The molecule has 1 heterocycles. The third-order valence-electron chi connectivity index (χ3n) is 3.25. The van der Waals surface area contributed by atoms with Crippen LogP contribution in [-0.4, -0.2) is 25.1 Å². The second-order valence-corrected chi connectivity index (χ2v) is 5.13. The summed E-state index contributed by atoms with van der Waals surface area (Å²) in [5, 5.41) is 3.40. The van der Waals surface area contributed by atoms with Gasteiger partial charge in [0.1, 0.15) is 5.82 Å². The first kappa shape index (κ1) is 16.0. The molecule has 1 aromatic rings. The fourth-order valence-corrected chi connectivity index (χ4v) is 2.09. The van der Waals surface area contributed by atoms with Crippen LogP contribution < -0.4 is 10.2 Å². The average Bonchev–Trinajstić information content (AvgIpc) is 2.42. The van der Waals surface area contributed by atoms with Gasteiger partial charge in [-0.1, -0.05) is 33.6 Å². The van der Waals surface area contributed by atoms with Crippen LogP contribution in [0.3, 0.4) is 0 Å². The van der Waals surface area contributed by atoms with Gasteiger partial charge < -0.3 is 10.2 Å². The van der Waals surface area contributed by atoms with Crippen molar-refractivity contribution in [3.63, 3.8) is 0 Å². The predicted octanol–water partition coefficient (Wildman–Crippen LogP) is 3.38. The molecule has 0 unspecified atom stereocenters. The van der Waals surface area contributed by atoms with Gasteiger partial charge in [-0.25, -0.2) is 4.98 Å². The molecule has 3 nitrogen and oxygen atoms in total. The number of pyridine rings is 1. The molecule has 0 fully saturated rings. The number of hydrogen-bond donors (Lipinski definition) is 1. The molecule has 0 spiro atoms. The molecule has 0 bridgehead atoms. The van der Waals surface area contributed by atoms with Crippen molar-refractivity contribution in [1.29, 1.82) is 0 Å². The zero-order valence-electron chi connectivity index (χ0n) is 13.0. The molecule has 108 valence electrons. The van der Waals surface area contributed by atoms with Crippen molar-refractivity contribution in [2.75, 3.05) is 25.0 Å². The SMILES string of the molecule is CCCCN(C)c1cc(CNCC)cc(CCC)n1. The summed E-state index contributed by atoms with van der Waals surface area (Å²) in [7, 11) is 2.14. The normalized spacial score (nSPS) is 10.7. The highest BCUT2D eigenvalue weighted by molar-refractivity contribution is 5.42. The summed E-state index contributed by atoms with van der Waals surface area (Å²) in [6, 6.07) is 4.46. The molecule has 0 atom stereocenters. The first-order valence-electron chi connectivity index (χ1n) is 7.62. The Kier molecular flexibility index (Phi) is 7.49. The summed E-state index contributed by atoms with van der Waals surface area (Å²) >= 11 is 0. The Morgan fingerprint density at radius 3 is 2.58 bits per heavy atom. The largest absolute Gasteiger partial charge is 0.360 e. The van der Waals surface area contributed by atoms with Gasteiger partial charge in [-0.05, 0) is 37.1 Å². The van der Waals surface area contributed by atoms with Crippen LogP contribution in [0.15, 0.2) is 12.1 Å². The second-order valence-electron chi connectivity index (χ2n) is 5.13. The molecule has 0 saturated heterocycles. The molecule has 0 radical (unpaired) electrons. The second kappa shape index (κ2) is 8.92. The number of unbranched alkanes of at least 4 members (excludes halogenated alkanes) is 1. The van der Waals surface area contributed by atoms with Crippen molar-refractivity contribution in [3.05, 3.63) is 23.4 Å². The number of nitrogens with one attached hydrogen (secondary N) is 1. The van der Waals surface area contributed by atoms with E-state index in [0.717, 1.165) is 38.3 Å². The van der Waals surface area contributed by atoms with Crippen LogP contribution in [-0.2, 0) is 13.0 Å². The van der Waals surface area contributed by atoms with Crippen LogP contribution in [0.2, 0.25) is 0 Å². The van der Waals surface area contributed by atoms with E-state index in [0.29, 0.717) is 0 Å². The Hall–Kier alpha value is -1.09. The lowest BCUT2D eigenvalue weighted by Crippen LogP contribution is -2.21. The summed E-state index contributed by atoms with van der Waals surface area (Å²) in [6.07, 6.45) is 4.66. The van der Waals surface area contributed by atoms with Crippen molar-refractivity contribution in [1.82, 2.24) is 10.3 Å². The first-order valence-corrected chi connectivity index (χ1v) is 7.62. The number of aromatic nitrogens is 1. The predicted molar refractivity (Wildman–Crippen MR) is 83.8 cm³/mol. The van der Waals surface area contributed by atoms with Crippen molar-refractivity contribution in [2.45, 2.75) is 53.0 Å². The van der Waals surface area contributed by atoms with Crippen LogP contribution in [0.4, 0.5) is 5.82 Å². The van der Waals surface area contributed by atoms with Gasteiger partial charge >= 0.3 is 0 Å². The minimum atomic E-state index is 0.935. The molecule has 0 aliphatic carbocycles. The summed E-state index contributed by atoms with van der Waals surface area (Å²) < 4.78 is 0.